The van der Waals surface area contributed by atoms with E-state index in [0.717, 1.165) is 43.9 Å². The Morgan fingerprint density at radius 3 is 2.58 bits per heavy atom. The summed E-state index contributed by atoms with van der Waals surface area (Å²) in [6.07, 6.45) is 6.22. The molecular weight excluding hydrogens is 410 g/mol. The van der Waals surface area contributed by atoms with Crippen LogP contribution < -0.4 is 0 Å². The molecule has 5 heteroatoms. The highest BCUT2D eigenvalue weighted by Gasteiger charge is 2.31. The SMILES string of the molecule is CN(C)CCN1CCn2c(c(C3CCCCC3)c3ccccc32)-c2c(cccc2C(=O)O)C1. The largest absolute Gasteiger partial charge is 0.478 e. The molecule has 1 aliphatic carbocycles. The van der Waals surface area contributed by atoms with Crippen LogP contribution in [0.2, 0.25) is 0 Å². The zero-order valence-electron chi connectivity index (χ0n) is 19.9. The topological polar surface area (TPSA) is 48.7 Å². The van der Waals surface area contributed by atoms with Gasteiger partial charge in [-0.15, -0.1) is 0 Å². The lowest BCUT2D eigenvalue weighted by molar-refractivity contribution is 0.0697. The van der Waals surface area contributed by atoms with Gasteiger partial charge in [-0.05, 0) is 56.1 Å². The summed E-state index contributed by atoms with van der Waals surface area (Å²) < 4.78 is 2.44. The fraction of sp³-hybridized carbons (Fsp3) is 0.464. The summed E-state index contributed by atoms with van der Waals surface area (Å²) in [6.45, 7) is 4.58. The third-order valence-electron chi connectivity index (χ3n) is 7.54. The average molecular weight is 446 g/mol. The first-order chi connectivity index (χ1) is 16.0. The Morgan fingerprint density at radius 1 is 1.03 bits per heavy atom. The molecule has 0 atom stereocenters. The second kappa shape index (κ2) is 9.32. The van der Waals surface area contributed by atoms with Crippen molar-refractivity contribution in [1.82, 2.24) is 14.4 Å². The third kappa shape index (κ3) is 4.20. The number of carboxylic acids is 1. The van der Waals surface area contributed by atoms with E-state index in [0.29, 0.717) is 11.5 Å². The van der Waals surface area contributed by atoms with E-state index in [1.807, 2.05) is 6.07 Å². The van der Waals surface area contributed by atoms with Crippen LogP contribution in [0.15, 0.2) is 42.5 Å². The van der Waals surface area contributed by atoms with Gasteiger partial charge in [-0.1, -0.05) is 49.6 Å². The van der Waals surface area contributed by atoms with E-state index in [-0.39, 0.29) is 0 Å². The van der Waals surface area contributed by atoms with Crippen molar-refractivity contribution in [3.63, 3.8) is 0 Å². The molecule has 1 aliphatic heterocycles. The number of carbonyl (C=O) groups is 1. The van der Waals surface area contributed by atoms with Gasteiger partial charge in [0.05, 0.1) is 11.3 Å². The number of nitrogens with zero attached hydrogens (tertiary/aromatic N) is 3. The van der Waals surface area contributed by atoms with Crippen molar-refractivity contribution >= 4 is 16.9 Å². The highest BCUT2D eigenvalue weighted by Crippen LogP contribution is 2.46. The standard InChI is InChI=1S/C28H35N3O2/c1-29(2)15-16-30-17-18-31-24-14-7-6-12-22(24)25(20-9-4-3-5-10-20)27(31)26-21(19-30)11-8-13-23(26)28(32)33/h6-8,11-14,20H,3-5,9-10,15-19H2,1-2H3,(H,32,33). The number of benzene rings is 2. The van der Waals surface area contributed by atoms with Crippen molar-refractivity contribution in [2.45, 2.75) is 51.1 Å². The molecule has 1 fully saturated rings. The van der Waals surface area contributed by atoms with Crippen LogP contribution in [0.1, 0.15) is 59.5 Å². The summed E-state index contributed by atoms with van der Waals surface area (Å²) in [6, 6.07) is 14.6. The highest BCUT2D eigenvalue weighted by molar-refractivity contribution is 6.01. The normalized spacial score (nSPS) is 17.5. The summed E-state index contributed by atoms with van der Waals surface area (Å²) in [4.78, 5) is 17.1. The molecule has 2 aromatic carbocycles. The van der Waals surface area contributed by atoms with Crippen LogP contribution in [0, 0.1) is 0 Å². The second-order valence-electron chi connectivity index (χ2n) is 9.99. The van der Waals surface area contributed by atoms with E-state index in [4.69, 9.17) is 0 Å². The second-order valence-corrected chi connectivity index (χ2v) is 9.99. The Hall–Kier alpha value is -2.63. The summed E-state index contributed by atoms with van der Waals surface area (Å²) >= 11 is 0. The molecule has 2 heterocycles. The van der Waals surface area contributed by atoms with Crippen LogP contribution in [0.25, 0.3) is 22.2 Å². The van der Waals surface area contributed by atoms with Crippen molar-refractivity contribution in [2.24, 2.45) is 0 Å². The first-order valence-electron chi connectivity index (χ1n) is 12.4. The van der Waals surface area contributed by atoms with Crippen LogP contribution in [0.3, 0.4) is 0 Å². The van der Waals surface area contributed by atoms with Crippen LogP contribution in [-0.2, 0) is 13.1 Å². The minimum atomic E-state index is -0.835. The monoisotopic (exact) mass is 445 g/mol. The third-order valence-corrected chi connectivity index (χ3v) is 7.54. The van der Waals surface area contributed by atoms with Gasteiger partial charge < -0.3 is 14.6 Å². The molecule has 2 aliphatic rings. The van der Waals surface area contributed by atoms with Crippen molar-refractivity contribution in [3.8, 4) is 11.3 Å². The summed E-state index contributed by atoms with van der Waals surface area (Å²) in [7, 11) is 4.21. The first kappa shape index (κ1) is 22.2. The zero-order chi connectivity index (χ0) is 22.9. The lowest BCUT2D eigenvalue weighted by Crippen LogP contribution is -2.35. The van der Waals surface area contributed by atoms with E-state index >= 15 is 0 Å². The fourth-order valence-electron chi connectivity index (χ4n) is 5.92. The van der Waals surface area contributed by atoms with Gasteiger partial charge in [-0.2, -0.15) is 0 Å². The van der Waals surface area contributed by atoms with E-state index in [2.05, 4.69) is 58.8 Å². The molecule has 1 saturated carbocycles. The Labute approximate surface area is 196 Å². The Balaban J connectivity index is 1.76. The number of likely N-dealkylation sites (N-methyl/N-ethyl adjacent to an activating group) is 1. The molecule has 0 spiro atoms. The van der Waals surface area contributed by atoms with Crippen molar-refractivity contribution in [3.05, 3.63) is 59.2 Å². The molecule has 0 radical (unpaired) electrons. The first-order valence-corrected chi connectivity index (χ1v) is 12.4. The fourth-order valence-corrected chi connectivity index (χ4v) is 5.92. The maximum Gasteiger partial charge on any atom is 0.336 e. The summed E-state index contributed by atoms with van der Waals surface area (Å²) in [5.41, 5.74) is 6.31. The summed E-state index contributed by atoms with van der Waals surface area (Å²) in [5.74, 6) is -0.336. The van der Waals surface area contributed by atoms with Gasteiger partial charge in [0, 0.05) is 49.2 Å². The van der Waals surface area contributed by atoms with Gasteiger partial charge in [0.2, 0.25) is 0 Å². The Morgan fingerprint density at radius 2 is 1.82 bits per heavy atom. The van der Waals surface area contributed by atoms with E-state index < -0.39 is 5.97 Å². The number of para-hydroxylation sites is 1. The van der Waals surface area contributed by atoms with Crippen molar-refractivity contribution in [2.75, 3.05) is 33.7 Å². The quantitative estimate of drug-likeness (QED) is 0.569. The Bertz CT molecular complexity index is 1160. The molecule has 5 rings (SSSR count). The maximum absolute atomic E-state index is 12.5. The average Bonchev–Trinajstić information content (AvgIpc) is 3.13. The lowest BCUT2D eigenvalue weighted by Gasteiger charge is -2.31. The molecule has 0 amide bonds. The van der Waals surface area contributed by atoms with Crippen molar-refractivity contribution in [1.29, 1.82) is 0 Å². The number of hydrogen-bond donors (Lipinski definition) is 1. The van der Waals surface area contributed by atoms with Gasteiger partial charge >= 0.3 is 5.97 Å². The molecule has 174 valence electrons. The molecule has 5 nitrogen and oxygen atoms in total. The molecular formula is C28H35N3O2. The molecule has 1 N–H and O–H groups in total. The van der Waals surface area contributed by atoms with E-state index in [1.165, 1.54) is 54.3 Å². The Kier molecular flexibility index (Phi) is 6.26. The highest BCUT2D eigenvalue weighted by atomic mass is 16.4. The van der Waals surface area contributed by atoms with Gasteiger partial charge in [0.1, 0.15) is 0 Å². The number of aromatic carboxylic acids is 1. The molecule has 0 bridgehead atoms. The minimum absolute atomic E-state index is 0.433. The molecule has 0 unspecified atom stereocenters. The van der Waals surface area contributed by atoms with Gasteiger partial charge in [-0.25, -0.2) is 4.79 Å². The predicted octanol–water partition coefficient (Wildman–Crippen LogP) is 5.43. The smallest absolute Gasteiger partial charge is 0.336 e. The van der Waals surface area contributed by atoms with Crippen molar-refractivity contribution < 1.29 is 9.90 Å². The molecule has 3 aromatic rings. The number of aromatic nitrogens is 1. The summed E-state index contributed by atoms with van der Waals surface area (Å²) in [5, 5.41) is 11.5. The van der Waals surface area contributed by atoms with E-state index in [9.17, 15) is 9.90 Å². The number of fused-ring (bicyclic) bond motifs is 5. The minimum Gasteiger partial charge on any atom is -0.478 e. The van der Waals surface area contributed by atoms with Crippen LogP contribution in [0.4, 0.5) is 0 Å². The molecule has 1 aromatic heterocycles. The molecule has 33 heavy (non-hydrogen) atoms. The predicted molar refractivity (Wildman–Crippen MR) is 134 cm³/mol. The zero-order valence-corrected chi connectivity index (χ0v) is 19.9. The van der Waals surface area contributed by atoms with Crippen LogP contribution in [-0.4, -0.2) is 59.2 Å². The van der Waals surface area contributed by atoms with Gasteiger partial charge in [-0.3, -0.25) is 4.90 Å². The number of hydrogen-bond acceptors (Lipinski definition) is 3. The van der Waals surface area contributed by atoms with Crippen LogP contribution >= 0.6 is 0 Å². The lowest BCUT2D eigenvalue weighted by atomic mass is 9.80. The van der Waals surface area contributed by atoms with Gasteiger partial charge in [0.15, 0.2) is 0 Å². The van der Waals surface area contributed by atoms with Gasteiger partial charge in [0.25, 0.3) is 0 Å². The molecule has 0 saturated heterocycles. The number of rotatable bonds is 5. The van der Waals surface area contributed by atoms with E-state index in [1.54, 1.807) is 6.07 Å². The van der Waals surface area contributed by atoms with Crippen LogP contribution in [0.5, 0.6) is 0 Å². The maximum atomic E-state index is 12.5. The number of carboxylic acid groups (broad SMARTS) is 1.